The Balaban J connectivity index is 1.86. The highest BCUT2D eigenvalue weighted by atomic mass is 19.1. The molecule has 0 radical (unpaired) electrons. The van der Waals surface area contributed by atoms with Gasteiger partial charge >= 0.3 is 0 Å². The van der Waals surface area contributed by atoms with E-state index in [1.54, 1.807) is 23.1 Å². The van der Waals surface area contributed by atoms with Crippen LogP contribution in [0.2, 0.25) is 0 Å². The first-order valence-electron chi connectivity index (χ1n) is 7.74. The monoisotopic (exact) mass is 326 g/mol. The minimum atomic E-state index is -0.453. The van der Waals surface area contributed by atoms with Crippen LogP contribution in [0.3, 0.4) is 0 Å². The van der Waals surface area contributed by atoms with Gasteiger partial charge in [0.1, 0.15) is 6.33 Å². The molecule has 0 aliphatic carbocycles. The number of hydrogen-bond acceptors (Lipinski definition) is 4. The van der Waals surface area contributed by atoms with Gasteiger partial charge in [-0.15, -0.1) is 5.10 Å². The van der Waals surface area contributed by atoms with Crippen LogP contribution < -0.4 is 10.1 Å². The van der Waals surface area contributed by atoms with Crippen LogP contribution >= 0.6 is 0 Å². The third kappa shape index (κ3) is 3.53. The minimum Gasteiger partial charge on any atom is -0.488 e. The maximum absolute atomic E-state index is 14.6. The first-order chi connectivity index (χ1) is 11.5. The molecule has 1 N–H and O–H groups in total. The maximum Gasteiger partial charge on any atom is 0.247 e. The average molecular weight is 326 g/mol. The van der Waals surface area contributed by atoms with Crippen molar-refractivity contribution in [2.75, 3.05) is 5.32 Å². The lowest BCUT2D eigenvalue weighted by Crippen LogP contribution is -2.08. The molecule has 0 unspecified atom stereocenters. The summed E-state index contributed by atoms with van der Waals surface area (Å²) in [5.41, 5.74) is 2.06. The number of nitrogens with one attached hydrogen (secondary N) is 1. The second kappa shape index (κ2) is 6.70. The average Bonchev–Trinajstić information content (AvgIpc) is 3.01. The molecule has 0 aliphatic rings. The van der Waals surface area contributed by atoms with Gasteiger partial charge in [-0.25, -0.2) is 9.07 Å². The zero-order chi connectivity index (χ0) is 17.1. The molecule has 1 heterocycles. The van der Waals surface area contributed by atoms with E-state index in [1.165, 1.54) is 0 Å². The number of ether oxygens (including phenoxy) is 1. The van der Waals surface area contributed by atoms with Gasteiger partial charge < -0.3 is 10.1 Å². The number of hydrogen-bond donors (Lipinski definition) is 1. The number of benzene rings is 2. The highest BCUT2D eigenvalue weighted by molar-refractivity contribution is 5.59. The van der Waals surface area contributed by atoms with E-state index in [1.807, 2.05) is 51.1 Å². The Morgan fingerprint density at radius 2 is 1.92 bits per heavy atom. The molecule has 0 saturated carbocycles. The van der Waals surface area contributed by atoms with Crippen molar-refractivity contribution in [2.24, 2.45) is 0 Å². The molecular weight excluding hydrogens is 307 g/mol. The van der Waals surface area contributed by atoms with E-state index in [0.29, 0.717) is 5.95 Å². The van der Waals surface area contributed by atoms with Crippen molar-refractivity contribution in [3.63, 3.8) is 0 Å². The molecule has 6 heteroatoms. The summed E-state index contributed by atoms with van der Waals surface area (Å²) in [7, 11) is 0. The zero-order valence-electron chi connectivity index (χ0n) is 13.8. The zero-order valence-corrected chi connectivity index (χ0v) is 13.8. The highest BCUT2D eigenvalue weighted by Crippen LogP contribution is 2.29. The molecule has 0 spiro atoms. The summed E-state index contributed by atoms with van der Waals surface area (Å²) in [4.78, 5) is 4.18. The summed E-state index contributed by atoms with van der Waals surface area (Å²) >= 11 is 0. The van der Waals surface area contributed by atoms with E-state index in [2.05, 4.69) is 15.4 Å². The van der Waals surface area contributed by atoms with Crippen LogP contribution in [0.5, 0.6) is 5.75 Å². The van der Waals surface area contributed by atoms with Gasteiger partial charge in [-0.1, -0.05) is 18.2 Å². The molecule has 5 nitrogen and oxygen atoms in total. The molecule has 0 fully saturated rings. The SMILES string of the molecule is Cc1cc(Nc2ncn(-c3ccccc3)n2)c(F)c(OC(C)C)c1. The highest BCUT2D eigenvalue weighted by Gasteiger charge is 2.14. The van der Waals surface area contributed by atoms with Gasteiger partial charge in [-0.3, -0.25) is 0 Å². The number of anilines is 2. The summed E-state index contributed by atoms with van der Waals surface area (Å²) in [6, 6.07) is 13.0. The summed E-state index contributed by atoms with van der Waals surface area (Å²) in [5, 5.41) is 7.24. The van der Waals surface area contributed by atoms with Crippen LogP contribution in [0.25, 0.3) is 5.69 Å². The lowest BCUT2D eigenvalue weighted by Gasteiger charge is -2.14. The fourth-order valence-electron chi connectivity index (χ4n) is 2.31. The van der Waals surface area contributed by atoms with Crippen molar-refractivity contribution in [3.05, 3.63) is 60.2 Å². The lowest BCUT2D eigenvalue weighted by molar-refractivity contribution is 0.231. The third-order valence-corrected chi connectivity index (χ3v) is 3.31. The number of rotatable bonds is 5. The molecule has 3 rings (SSSR count). The lowest BCUT2D eigenvalue weighted by atomic mass is 10.2. The smallest absolute Gasteiger partial charge is 0.247 e. The van der Waals surface area contributed by atoms with Gasteiger partial charge in [-0.2, -0.15) is 4.98 Å². The topological polar surface area (TPSA) is 52.0 Å². The Bertz CT molecular complexity index is 830. The van der Waals surface area contributed by atoms with Crippen LogP contribution in [0, 0.1) is 12.7 Å². The standard InChI is InChI=1S/C18H19FN4O/c1-12(2)24-16-10-13(3)9-15(17(16)19)21-18-20-11-23(22-18)14-7-5-4-6-8-14/h4-12H,1-3H3,(H,21,22). The largest absolute Gasteiger partial charge is 0.488 e. The van der Waals surface area contributed by atoms with Gasteiger partial charge in [0.25, 0.3) is 0 Å². The van der Waals surface area contributed by atoms with Crippen molar-refractivity contribution in [1.82, 2.24) is 14.8 Å². The number of aromatic nitrogens is 3. The number of nitrogens with zero attached hydrogens (tertiary/aromatic N) is 3. The number of para-hydroxylation sites is 1. The Morgan fingerprint density at radius 3 is 2.62 bits per heavy atom. The Morgan fingerprint density at radius 1 is 1.17 bits per heavy atom. The quantitative estimate of drug-likeness (QED) is 0.762. The number of aryl methyl sites for hydroxylation is 1. The van der Waals surface area contributed by atoms with Crippen molar-refractivity contribution >= 4 is 11.6 Å². The molecule has 24 heavy (non-hydrogen) atoms. The van der Waals surface area contributed by atoms with Crippen molar-refractivity contribution in [1.29, 1.82) is 0 Å². The van der Waals surface area contributed by atoms with Gasteiger partial charge in [-0.05, 0) is 50.6 Å². The van der Waals surface area contributed by atoms with Crippen molar-refractivity contribution < 1.29 is 9.13 Å². The molecule has 0 amide bonds. The summed E-state index contributed by atoms with van der Waals surface area (Å²) in [5.74, 6) is 0.0826. The summed E-state index contributed by atoms with van der Waals surface area (Å²) in [6.07, 6.45) is 1.47. The minimum absolute atomic E-state index is 0.107. The van der Waals surface area contributed by atoms with Gasteiger partial charge in [0.05, 0.1) is 17.5 Å². The molecule has 0 atom stereocenters. The molecule has 0 aliphatic heterocycles. The van der Waals surface area contributed by atoms with E-state index < -0.39 is 5.82 Å². The van der Waals surface area contributed by atoms with Gasteiger partial charge in [0.2, 0.25) is 5.95 Å². The second-order valence-corrected chi connectivity index (χ2v) is 5.76. The van der Waals surface area contributed by atoms with Gasteiger partial charge in [0.15, 0.2) is 11.6 Å². The van der Waals surface area contributed by atoms with Crippen LogP contribution in [-0.4, -0.2) is 20.9 Å². The van der Waals surface area contributed by atoms with Crippen LogP contribution in [0.15, 0.2) is 48.8 Å². The van der Waals surface area contributed by atoms with E-state index in [0.717, 1.165) is 11.3 Å². The Hall–Kier alpha value is -2.89. The maximum atomic E-state index is 14.6. The normalized spacial score (nSPS) is 10.9. The predicted octanol–water partition coefficient (Wildman–Crippen LogP) is 4.25. The first-order valence-corrected chi connectivity index (χ1v) is 7.74. The molecule has 0 bridgehead atoms. The summed E-state index contributed by atoms with van der Waals surface area (Å²) < 4.78 is 21.7. The fourth-order valence-corrected chi connectivity index (χ4v) is 2.31. The molecule has 0 saturated heterocycles. The van der Waals surface area contributed by atoms with E-state index in [-0.39, 0.29) is 17.5 Å². The molecular formula is C18H19FN4O. The molecule has 124 valence electrons. The van der Waals surface area contributed by atoms with Crippen molar-refractivity contribution in [2.45, 2.75) is 26.9 Å². The van der Waals surface area contributed by atoms with E-state index in [9.17, 15) is 4.39 Å². The molecule has 2 aromatic carbocycles. The van der Waals surface area contributed by atoms with Crippen LogP contribution in [0.4, 0.5) is 16.0 Å². The first kappa shape index (κ1) is 16.0. The Labute approximate surface area is 140 Å². The van der Waals surface area contributed by atoms with Crippen molar-refractivity contribution in [3.8, 4) is 11.4 Å². The number of halogens is 1. The summed E-state index contributed by atoms with van der Waals surface area (Å²) in [6.45, 7) is 5.60. The van der Waals surface area contributed by atoms with E-state index >= 15 is 0 Å². The van der Waals surface area contributed by atoms with Crippen LogP contribution in [-0.2, 0) is 0 Å². The van der Waals surface area contributed by atoms with Crippen LogP contribution in [0.1, 0.15) is 19.4 Å². The Kier molecular flexibility index (Phi) is 4.46. The third-order valence-electron chi connectivity index (χ3n) is 3.31. The fraction of sp³-hybridized carbons (Fsp3) is 0.222. The predicted molar refractivity (Wildman–Crippen MR) is 91.5 cm³/mol. The van der Waals surface area contributed by atoms with E-state index in [4.69, 9.17) is 4.74 Å². The van der Waals surface area contributed by atoms with Gasteiger partial charge in [0, 0.05) is 0 Å². The molecule has 1 aromatic heterocycles. The second-order valence-electron chi connectivity index (χ2n) is 5.76. The molecule has 3 aromatic rings.